The number of carbonyl (C=O) groups is 2. The number of nitrogens with two attached hydrogens (primary N) is 1. The van der Waals surface area contributed by atoms with Gasteiger partial charge in [0.25, 0.3) is 0 Å². The summed E-state index contributed by atoms with van der Waals surface area (Å²) in [5, 5.41) is 16.8. The zero-order chi connectivity index (χ0) is 10.3. The second-order valence-electron chi connectivity index (χ2n) is 2.37. The van der Waals surface area contributed by atoms with Crippen LogP contribution in [-0.4, -0.2) is 53.3 Å². The van der Waals surface area contributed by atoms with Gasteiger partial charge in [0.15, 0.2) is 0 Å². The lowest BCUT2D eigenvalue weighted by Gasteiger charge is -2.16. The molecule has 0 aliphatic heterocycles. The average molecular weight is 229 g/mol. The van der Waals surface area contributed by atoms with Crippen molar-refractivity contribution in [3.63, 3.8) is 0 Å². The van der Waals surface area contributed by atoms with Gasteiger partial charge in [0, 0.05) is 6.54 Å². The third-order valence-electron chi connectivity index (χ3n) is 1.24. The van der Waals surface area contributed by atoms with E-state index in [0.29, 0.717) is 0 Å². The average Bonchev–Trinajstić information content (AvgIpc) is 1.98. The zero-order valence-electron chi connectivity index (χ0n) is 7.38. The van der Waals surface area contributed by atoms with E-state index >= 15 is 0 Å². The third-order valence-corrected chi connectivity index (χ3v) is 1.24. The van der Waals surface area contributed by atoms with Crippen molar-refractivity contribution in [1.29, 1.82) is 0 Å². The molecule has 0 saturated heterocycles. The number of nitrogens with zero attached hydrogens (tertiary/aromatic N) is 1. The van der Waals surface area contributed by atoms with Crippen molar-refractivity contribution in [2.45, 2.75) is 0 Å². The largest absolute Gasteiger partial charge is 0.480 e. The lowest BCUT2D eigenvalue weighted by Crippen LogP contribution is -2.37. The molecule has 0 saturated carbocycles. The summed E-state index contributed by atoms with van der Waals surface area (Å²) in [6.45, 7) is -0.402. The number of carboxylic acid groups (broad SMARTS) is 2. The molecule has 0 aliphatic carbocycles. The molecule has 0 heterocycles. The standard InChI is InChI=1S/C6H12N2O5.ClH/c7-13-2-1-8(3-5(9)10)4-6(11)12;/h1-4,7H2,(H,9,10)(H,11,12);1H. The molecule has 0 fully saturated rings. The number of carboxylic acids is 2. The topological polar surface area (TPSA) is 113 Å². The van der Waals surface area contributed by atoms with Crippen molar-refractivity contribution < 1.29 is 24.6 Å². The summed E-state index contributed by atoms with van der Waals surface area (Å²) >= 11 is 0. The molecule has 4 N–H and O–H groups in total. The Bertz CT molecular complexity index is 173. The van der Waals surface area contributed by atoms with Gasteiger partial charge in [-0.3, -0.25) is 14.5 Å². The van der Waals surface area contributed by atoms with Crippen LogP contribution in [0.2, 0.25) is 0 Å². The maximum absolute atomic E-state index is 10.2. The first-order valence-corrected chi connectivity index (χ1v) is 3.54. The molecule has 84 valence electrons. The minimum atomic E-state index is -1.08. The molecule has 0 bridgehead atoms. The van der Waals surface area contributed by atoms with Gasteiger partial charge in [-0.05, 0) is 0 Å². The quantitative estimate of drug-likeness (QED) is 0.468. The van der Waals surface area contributed by atoms with E-state index in [1.54, 1.807) is 0 Å². The van der Waals surface area contributed by atoms with Crippen LogP contribution in [0.4, 0.5) is 0 Å². The van der Waals surface area contributed by atoms with Crippen molar-refractivity contribution in [2.24, 2.45) is 5.90 Å². The van der Waals surface area contributed by atoms with Crippen LogP contribution in [0.3, 0.4) is 0 Å². The first kappa shape index (κ1) is 15.6. The van der Waals surface area contributed by atoms with E-state index in [1.807, 2.05) is 0 Å². The number of aliphatic carboxylic acids is 2. The zero-order valence-corrected chi connectivity index (χ0v) is 8.20. The van der Waals surface area contributed by atoms with Crippen LogP contribution < -0.4 is 5.90 Å². The summed E-state index contributed by atoms with van der Waals surface area (Å²) < 4.78 is 0. The summed E-state index contributed by atoms with van der Waals surface area (Å²) in [5.41, 5.74) is 0. The lowest BCUT2D eigenvalue weighted by molar-refractivity contribution is -0.142. The van der Waals surface area contributed by atoms with Gasteiger partial charge in [-0.1, -0.05) is 0 Å². The van der Waals surface area contributed by atoms with Crippen molar-refractivity contribution in [3.05, 3.63) is 0 Å². The smallest absolute Gasteiger partial charge is 0.317 e. The highest BCUT2D eigenvalue weighted by atomic mass is 35.5. The van der Waals surface area contributed by atoms with Crippen LogP contribution in [0.1, 0.15) is 0 Å². The maximum atomic E-state index is 10.2. The van der Waals surface area contributed by atoms with Gasteiger partial charge in [-0.15, -0.1) is 12.4 Å². The van der Waals surface area contributed by atoms with Crippen LogP contribution in [0.5, 0.6) is 0 Å². The van der Waals surface area contributed by atoms with Crippen LogP contribution in [-0.2, 0) is 14.4 Å². The fourth-order valence-corrected chi connectivity index (χ4v) is 0.778. The SMILES string of the molecule is Cl.NOCCN(CC(=O)O)CC(=O)O. The molecule has 0 amide bonds. The Morgan fingerprint density at radius 1 is 1.21 bits per heavy atom. The van der Waals surface area contributed by atoms with E-state index in [-0.39, 0.29) is 38.6 Å². The highest BCUT2D eigenvalue weighted by Gasteiger charge is 2.12. The van der Waals surface area contributed by atoms with Crippen LogP contribution in [0, 0.1) is 0 Å². The predicted octanol–water partition coefficient (Wildman–Crippen LogP) is -1.23. The second-order valence-corrected chi connectivity index (χ2v) is 2.37. The molecule has 0 spiro atoms. The van der Waals surface area contributed by atoms with E-state index < -0.39 is 11.9 Å². The Balaban J connectivity index is 0. The molecular weight excluding hydrogens is 216 g/mol. The highest BCUT2D eigenvalue weighted by molar-refractivity contribution is 5.85. The molecule has 0 aromatic rings. The van der Waals surface area contributed by atoms with Gasteiger partial charge in [0.2, 0.25) is 0 Å². The monoisotopic (exact) mass is 228 g/mol. The van der Waals surface area contributed by atoms with Gasteiger partial charge < -0.3 is 15.1 Å². The van der Waals surface area contributed by atoms with Crippen LogP contribution in [0.25, 0.3) is 0 Å². The second kappa shape index (κ2) is 8.70. The molecule has 0 aromatic carbocycles. The van der Waals surface area contributed by atoms with Crippen molar-refractivity contribution >= 4 is 24.3 Å². The molecule has 0 rings (SSSR count). The molecule has 0 unspecified atom stereocenters. The Morgan fingerprint density at radius 3 is 1.93 bits per heavy atom. The molecule has 0 aromatic heterocycles. The number of rotatable bonds is 7. The Morgan fingerprint density at radius 2 is 1.64 bits per heavy atom. The van der Waals surface area contributed by atoms with Gasteiger partial charge >= 0.3 is 11.9 Å². The lowest BCUT2D eigenvalue weighted by atomic mass is 10.4. The molecule has 14 heavy (non-hydrogen) atoms. The highest BCUT2D eigenvalue weighted by Crippen LogP contribution is 1.87. The Hall–Kier alpha value is -0.890. The van der Waals surface area contributed by atoms with Crippen molar-refractivity contribution in [2.75, 3.05) is 26.2 Å². The van der Waals surface area contributed by atoms with Crippen molar-refractivity contribution in [1.82, 2.24) is 4.90 Å². The van der Waals surface area contributed by atoms with E-state index in [1.165, 1.54) is 4.90 Å². The number of hydrogen-bond donors (Lipinski definition) is 3. The molecular formula is C6H13ClN2O5. The first-order chi connectivity index (χ1) is 6.06. The fourth-order valence-electron chi connectivity index (χ4n) is 0.778. The van der Waals surface area contributed by atoms with Crippen molar-refractivity contribution in [3.8, 4) is 0 Å². The Labute approximate surface area is 86.8 Å². The minimum Gasteiger partial charge on any atom is -0.480 e. The van der Waals surface area contributed by atoms with Gasteiger partial charge in [-0.25, -0.2) is 5.90 Å². The van der Waals surface area contributed by atoms with E-state index in [4.69, 9.17) is 16.1 Å². The molecule has 7 nitrogen and oxygen atoms in total. The third kappa shape index (κ3) is 9.20. The molecule has 0 radical (unpaired) electrons. The van der Waals surface area contributed by atoms with Crippen LogP contribution >= 0.6 is 12.4 Å². The predicted molar refractivity (Wildman–Crippen MR) is 49.1 cm³/mol. The summed E-state index contributed by atoms with van der Waals surface area (Å²) in [7, 11) is 0. The number of hydrogen-bond acceptors (Lipinski definition) is 5. The van der Waals surface area contributed by atoms with E-state index in [0.717, 1.165) is 0 Å². The minimum absolute atomic E-state index is 0. The summed E-state index contributed by atoms with van der Waals surface area (Å²) in [6, 6.07) is 0. The summed E-state index contributed by atoms with van der Waals surface area (Å²) in [6.07, 6.45) is 0. The maximum Gasteiger partial charge on any atom is 0.317 e. The Kier molecular flexibility index (Phi) is 9.68. The van der Waals surface area contributed by atoms with Gasteiger partial charge in [0.05, 0.1) is 19.7 Å². The number of halogens is 1. The summed E-state index contributed by atoms with van der Waals surface area (Å²) in [5.74, 6) is 2.55. The molecule has 0 atom stereocenters. The first-order valence-electron chi connectivity index (χ1n) is 3.54. The van der Waals surface area contributed by atoms with Gasteiger partial charge in [0.1, 0.15) is 0 Å². The normalized spacial score (nSPS) is 9.57. The van der Waals surface area contributed by atoms with E-state index in [2.05, 4.69) is 4.84 Å². The van der Waals surface area contributed by atoms with E-state index in [9.17, 15) is 9.59 Å². The fraction of sp³-hybridized carbons (Fsp3) is 0.667. The van der Waals surface area contributed by atoms with Gasteiger partial charge in [-0.2, -0.15) is 0 Å². The molecule has 0 aliphatic rings. The van der Waals surface area contributed by atoms with Crippen LogP contribution in [0.15, 0.2) is 0 Å². The molecule has 8 heteroatoms. The summed E-state index contributed by atoms with van der Waals surface area (Å²) in [4.78, 5) is 25.9.